The van der Waals surface area contributed by atoms with Gasteiger partial charge in [-0.1, -0.05) is 30.7 Å². The van der Waals surface area contributed by atoms with Crippen LogP contribution in [0.5, 0.6) is 0 Å². The summed E-state index contributed by atoms with van der Waals surface area (Å²) >= 11 is 0. The Labute approximate surface area is 106 Å². The zero-order valence-electron chi connectivity index (χ0n) is 11.9. The summed E-state index contributed by atoms with van der Waals surface area (Å²) in [5, 5.41) is 0. The molecule has 2 heteroatoms. The highest BCUT2D eigenvalue weighted by atomic mass is 15.2. The molecular weight excluding hydrogens is 208 g/mol. The number of likely N-dealkylation sites (N-methyl/N-ethyl adjacent to an activating group) is 1. The smallest absolute Gasteiger partial charge is 0.0301 e. The van der Waals surface area contributed by atoms with Gasteiger partial charge in [-0.3, -0.25) is 4.90 Å². The van der Waals surface area contributed by atoms with Crippen molar-refractivity contribution < 1.29 is 0 Å². The number of aryl methyl sites for hydroxylation is 2. The average molecular weight is 234 g/mol. The first-order chi connectivity index (χ1) is 7.92. The van der Waals surface area contributed by atoms with Crippen LogP contribution in [0.2, 0.25) is 0 Å². The van der Waals surface area contributed by atoms with Crippen molar-refractivity contribution in [2.24, 2.45) is 5.73 Å². The Kier molecular flexibility index (Phi) is 4.72. The predicted molar refractivity (Wildman–Crippen MR) is 75.1 cm³/mol. The third-order valence-corrected chi connectivity index (χ3v) is 4.04. The van der Waals surface area contributed by atoms with E-state index in [9.17, 15) is 0 Å². The standard InChI is InChI=1S/C15H26N2/c1-6-15(4,11-16)17(5)10-14-9-12(2)7-8-13(14)3/h7-9H,6,10-11,16H2,1-5H3. The Morgan fingerprint density at radius 3 is 2.47 bits per heavy atom. The topological polar surface area (TPSA) is 29.3 Å². The Balaban J connectivity index is 2.87. The summed E-state index contributed by atoms with van der Waals surface area (Å²) in [7, 11) is 2.16. The molecule has 1 rings (SSSR count). The van der Waals surface area contributed by atoms with E-state index in [1.165, 1.54) is 16.7 Å². The molecule has 0 heterocycles. The molecule has 0 aliphatic carbocycles. The normalized spacial score (nSPS) is 15.0. The fraction of sp³-hybridized carbons (Fsp3) is 0.600. The van der Waals surface area contributed by atoms with Crippen molar-refractivity contribution in [3.63, 3.8) is 0 Å². The molecule has 0 saturated carbocycles. The predicted octanol–water partition coefficient (Wildman–Crippen LogP) is 2.86. The first kappa shape index (κ1) is 14.2. The van der Waals surface area contributed by atoms with Gasteiger partial charge in [-0.15, -0.1) is 0 Å². The molecule has 0 amide bonds. The van der Waals surface area contributed by atoms with Crippen LogP contribution in [0, 0.1) is 13.8 Å². The zero-order valence-corrected chi connectivity index (χ0v) is 11.9. The number of hydrogen-bond acceptors (Lipinski definition) is 2. The number of nitrogens with two attached hydrogens (primary N) is 1. The van der Waals surface area contributed by atoms with Crippen molar-refractivity contribution in [1.29, 1.82) is 0 Å². The van der Waals surface area contributed by atoms with Gasteiger partial charge in [0.2, 0.25) is 0 Å². The van der Waals surface area contributed by atoms with Gasteiger partial charge in [0.05, 0.1) is 0 Å². The molecule has 17 heavy (non-hydrogen) atoms. The van der Waals surface area contributed by atoms with Crippen molar-refractivity contribution in [3.05, 3.63) is 34.9 Å². The van der Waals surface area contributed by atoms with Crippen LogP contribution in [0.4, 0.5) is 0 Å². The van der Waals surface area contributed by atoms with Gasteiger partial charge >= 0.3 is 0 Å². The molecule has 96 valence electrons. The molecule has 0 saturated heterocycles. The summed E-state index contributed by atoms with van der Waals surface area (Å²) < 4.78 is 0. The molecule has 2 N–H and O–H groups in total. The van der Waals surface area contributed by atoms with E-state index in [2.05, 4.69) is 57.8 Å². The van der Waals surface area contributed by atoms with Crippen LogP contribution in [0.15, 0.2) is 18.2 Å². The van der Waals surface area contributed by atoms with Crippen molar-refractivity contribution in [2.75, 3.05) is 13.6 Å². The second kappa shape index (κ2) is 5.65. The van der Waals surface area contributed by atoms with Gasteiger partial charge in [-0.2, -0.15) is 0 Å². The highest BCUT2D eigenvalue weighted by Gasteiger charge is 2.25. The Morgan fingerprint density at radius 2 is 1.94 bits per heavy atom. The van der Waals surface area contributed by atoms with Gasteiger partial charge in [0, 0.05) is 18.6 Å². The Morgan fingerprint density at radius 1 is 1.29 bits per heavy atom. The lowest BCUT2D eigenvalue weighted by atomic mass is 9.95. The monoisotopic (exact) mass is 234 g/mol. The van der Waals surface area contributed by atoms with Gasteiger partial charge < -0.3 is 5.73 Å². The molecule has 1 atom stereocenters. The summed E-state index contributed by atoms with van der Waals surface area (Å²) in [6.07, 6.45) is 1.07. The molecule has 0 fully saturated rings. The largest absolute Gasteiger partial charge is 0.329 e. The van der Waals surface area contributed by atoms with Crippen LogP contribution in [0.1, 0.15) is 37.0 Å². The van der Waals surface area contributed by atoms with Gasteiger partial charge in [-0.25, -0.2) is 0 Å². The highest BCUT2D eigenvalue weighted by molar-refractivity contribution is 5.30. The SMILES string of the molecule is CCC(C)(CN)N(C)Cc1cc(C)ccc1C. The highest BCUT2D eigenvalue weighted by Crippen LogP contribution is 2.21. The van der Waals surface area contributed by atoms with Crippen LogP contribution >= 0.6 is 0 Å². The van der Waals surface area contributed by atoms with Crippen LogP contribution in [0.25, 0.3) is 0 Å². The molecule has 1 aromatic rings. The van der Waals surface area contributed by atoms with Crippen molar-refractivity contribution in [2.45, 2.75) is 46.2 Å². The molecule has 0 aliphatic rings. The number of benzene rings is 1. The number of rotatable bonds is 5. The van der Waals surface area contributed by atoms with Crippen LogP contribution in [-0.2, 0) is 6.54 Å². The first-order valence-corrected chi connectivity index (χ1v) is 6.40. The van der Waals surface area contributed by atoms with Gasteiger partial charge in [0.15, 0.2) is 0 Å². The van der Waals surface area contributed by atoms with Crippen LogP contribution in [0.3, 0.4) is 0 Å². The van der Waals surface area contributed by atoms with Crippen molar-refractivity contribution >= 4 is 0 Å². The summed E-state index contributed by atoms with van der Waals surface area (Å²) in [4.78, 5) is 2.37. The Bertz CT molecular complexity index is 367. The molecule has 0 spiro atoms. The summed E-state index contributed by atoms with van der Waals surface area (Å²) in [6.45, 7) is 10.4. The molecule has 0 aromatic heterocycles. The molecule has 0 aliphatic heterocycles. The van der Waals surface area contributed by atoms with Gasteiger partial charge in [-0.05, 0) is 45.4 Å². The van der Waals surface area contributed by atoms with E-state index >= 15 is 0 Å². The quantitative estimate of drug-likeness (QED) is 0.849. The number of nitrogens with zero attached hydrogens (tertiary/aromatic N) is 1. The van der Waals surface area contributed by atoms with E-state index in [1.807, 2.05) is 0 Å². The third-order valence-electron chi connectivity index (χ3n) is 4.04. The van der Waals surface area contributed by atoms with E-state index in [0.717, 1.165) is 13.0 Å². The first-order valence-electron chi connectivity index (χ1n) is 6.40. The van der Waals surface area contributed by atoms with E-state index in [1.54, 1.807) is 0 Å². The fourth-order valence-corrected chi connectivity index (χ4v) is 1.99. The van der Waals surface area contributed by atoms with E-state index in [4.69, 9.17) is 5.73 Å². The summed E-state index contributed by atoms with van der Waals surface area (Å²) in [5.74, 6) is 0. The van der Waals surface area contributed by atoms with Gasteiger partial charge in [0.25, 0.3) is 0 Å². The zero-order chi connectivity index (χ0) is 13.1. The maximum absolute atomic E-state index is 5.90. The Hall–Kier alpha value is -0.860. The van der Waals surface area contributed by atoms with Crippen molar-refractivity contribution in [3.8, 4) is 0 Å². The fourth-order valence-electron chi connectivity index (χ4n) is 1.99. The lowest BCUT2D eigenvalue weighted by molar-refractivity contribution is 0.131. The lowest BCUT2D eigenvalue weighted by Crippen LogP contribution is -2.48. The lowest BCUT2D eigenvalue weighted by Gasteiger charge is -2.37. The van der Waals surface area contributed by atoms with Crippen LogP contribution < -0.4 is 5.73 Å². The second-order valence-electron chi connectivity index (χ2n) is 5.34. The number of hydrogen-bond donors (Lipinski definition) is 1. The van der Waals surface area contributed by atoms with Crippen LogP contribution in [-0.4, -0.2) is 24.0 Å². The molecule has 1 unspecified atom stereocenters. The van der Waals surface area contributed by atoms with E-state index < -0.39 is 0 Å². The minimum absolute atomic E-state index is 0.0934. The average Bonchev–Trinajstić information content (AvgIpc) is 2.32. The second-order valence-corrected chi connectivity index (χ2v) is 5.34. The summed E-state index contributed by atoms with van der Waals surface area (Å²) in [5.41, 5.74) is 10.1. The summed E-state index contributed by atoms with van der Waals surface area (Å²) in [6, 6.07) is 6.64. The molecule has 1 aromatic carbocycles. The molecule has 2 nitrogen and oxygen atoms in total. The van der Waals surface area contributed by atoms with Gasteiger partial charge in [0.1, 0.15) is 0 Å². The minimum atomic E-state index is 0.0934. The third kappa shape index (κ3) is 3.30. The maximum atomic E-state index is 5.90. The minimum Gasteiger partial charge on any atom is -0.329 e. The maximum Gasteiger partial charge on any atom is 0.0301 e. The van der Waals surface area contributed by atoms with E-state index in [0.29, 0.717) is 6.54 Å². The van der Waals surface area contributed by atoms with Crippen molar-refractivity contribution in [1.82, 2.24) is 4.90 Å². The van der Waals surface area contributed by atoms with E-state index in [-0.39, 0.29) is 5.54 Å². The molecular formula is C15H26N2. The molecule has 0 bridgehead atoms. The molecule has 0 radical (unpaired) electrons.